The van der Waals surface area contributed by atoms with Gasteiger partial charge in [-0.3, -0.25) is 0 Å². The lowest BCUT2D eigenvalue weighted by molar-refractivity contribution is -0.0436. The molecule has 0 radical (unpaired) electrons. The minimum atomic E-state index is 0.736. The SMILES string of the molecule is CN1CC2(CCC2)C1.CN1CC2(CCCCC2)C1.CN1CC2(CCNCC2)C1.CN1CC2CC(C2)C1.CN1CC2CC2C1.CN1CC2CNCC2C1.CN1CCC1.CN1CCCC1.CN1CCCCC1.CN1CCCCC1.CN1CCCCCC1. The smallest absolute Gasteiger partial charge is 0.00484 e. The third-order valence-electron chi connectivity index (χ3n) is 23.2. The second kappa shape index (κ2) is 37.9. The maximum atomic E-state index is 3.42. The van der Waals surface area contributed by atoms with Crippen LogP contribution in [0.2, 0.25) is 0 Å². The molecule has 14 heterocycles. The van der Waals surface area contributed by atoms with Crippen molar-refractivity contribution in [3.63, 3.8) is 0 Å². The first-order valence-electron chi connectivity index (χ1n) is 36.9. The Morgan fingerprint density at radius 2 is 0.518 bits per heavy atom. The summed E-state index contributed by atoms with van der Waals surface area (Å²) in [4.78, 5) is 26.5. The first-order chi connectivity index (χ1) is 41.0. The van der Waals surface area contributed by atoms with Crippen molar-refractivity contribution in [2.45, 2.75) is 167 Å². The number of nitrogens with zero attached hydrogens (tertiary/aromatic N) is 11. The molecule has 2 bridgehead atoms. The van der Waals surface area contributed by atoms with Gasteiger partial charge < -0.3 is 64.5 Å². The van der Waals surface area contributed by atoms with E-state index in [0.29, 0.717) is 0 Å². The fourth-order valence-electron chi connectivity index (χ4n) is 17.7. The summed E-state index contributed by atoms with van der Waals surface area (Å²) in [6.07, 6.45) is 37.9. The lowest BCUT2D eigenvalue weighted by Crippen LogP contribution is -2.58. The van der Waals surface area contributed by atoms with Crippen LogP contribution in [0.4, 0.5) is 0 Å². The summed E-state index contributed by atoms with van der Waals surface area (Å²) in [6, 6.07) is 0. The molecule has 4 aliphatic carbocycles. The Kier molecular flexibility index (Phi) is 32.0. The van der Waals surface area contributed by atoms with Crippen molar-refractivity contribution in [2.75, 3.05) is 248 Å². The van der Waals surface area contributed by atoms with Gasteiger partial charge >= 0.3 is 0 Å². The van der Waals surface area contributed by atoms with E-state index in [9.17, 15) is 0 Å². The van der Waals surface area contributed by atoms with Crippen LogP contribution >= 0.6 is 0 Å². The standard InChI is InChI=1S/C9H17N.C8H16N2.C7H14N2.2C7H13N.C7H15N.C6H11N.2C6H13N.C5H11N.C4H9N/c1-10-7-9(8-10)5-3-2-4-6-9;1-10-6-8(7-10)2-4-9-5-3-8;1-9-4-6-2-8-3-7(6)5-9;1-8-4-6-2-7(3-6)5-8;1-8-5-7(6-8)3-2-4-7;1-8-6-4-2-3-5-7-8;1-7-3-5-2-6(5)4-7;2*1-7-5-3-2-4-6-7;1-6-4-2-3-5-6;1-5-3-2-4-5/h2-8H2,1H3;9H,2-7H2,1H3;6-8H,2-5H2,1H3;6-7H,2-5H2,1H3;2-6H2,1H3;2-7H2,1H3;5-6H,2-4H2,1H3;2*2-6H2,1H3;2-5H2,1H3;2-4H2,1H3. The fourth-order valence-corrected chi connectivity index (χ4v) is 17.7. The number of piperidine rings is 6. The van der Waals surface area contributed by atoms with Crippen LogP contribution in [0.1, 0.15) is 167 Å². The van der Waals surface area contributed by atoms with Gasteiger partial charge in [0, 0.05) is 78.5 Å². The molecule has 0 aromatic carbocycles. The molecule has 498 valence electrons. The van der Waals surface area contributed by atoms with Gasteiger partial charge in [0.2, 0.25) is 0 Å². The van der Waals surface area contributed by atoms with Crippen LogP contribution in [-0.4, -0.2) is 302 Å². The van der Waals surface area contributed by atoms with Gasteiger partial charge in [-0.05, 0) is 336 Å². The highest BCUT2D eigenvalue weighted by atomic mass is 15.2. The van der Waals surface area contributed by atoms with E-state index in [0.717, 1.165) is 51.8 Å². The minimum Gasteiger partial charge on any atom is -0.317 e. The molecule has 0 aromatic rings. The number of hydrogen-bond acceptors (Lipinski definition) is 13. The Hall–Kier alpha value is -0.520. The molecule has 0 aromatic heterocycles. The van der Waals surface area contributed by atoms with Gasteiger partial charge in [0.15, 0.2) is 0 Å². The van der Waals surface area contributed by atoms with Crippen molar-refractivity contribution in [1.82, 2.24) is 64.5 Å². The highest BCUT2D eigenvalue weighted by Crippen LogP contribution is 2.47. The van der Waals surface area contributed by atoms with Gasteiger partial charge in [-0.1, -0.05) is 51.4 Å². The second-order valence-electron chi connectivity index (χ2n) is 32.6. The topological polar surface area (TPSA) is 59.7 Å². The lowest BCUT2D eigenvalue weighted by Gasteiger charge is -2.54. The Morgan fingerprint density at radius 1 is 0.235 bits per heavy atom. The number of rotatable bonds is 0. The normalized spacial score (nSPS) is 33.6. The summed E-state index contributed by atoms with van der Waals surface area (Å²) in [6.45, 7) is 34.5. The molecule has 13 nitrogen and oxygen atoms in total. The third-order valence-corrected chi connectivity index (χ3v) is 23.2. The van der Waals surface area contributed by atoms with Crippen molar-refractivity contribution in [3.8, 4) is 0 Å². The molecule has 4 saturated carbocycles. The van der Waals surface area contributed by atoms with Crippen molar-refractivity contribution in [1.29, 1.82) is 0 Å². The van der Waals surface area contributed by atoms with E-state index in [4.69, 9.17) is 0 Å². The molecule has 14 saturated heterocycles. The van der Waals surface area contributed by atoms with Crippen molar-refractivity contribution in [2.24, 2.45) is 51.8 Å². The van der Waals surface area contributed by atoms with Gasteiger partial charge in [0.25, 0.3) is 0 Å². The highest BCUT2D eigenvalue weighted by Gasteiger charge is 2.46. The zero-order valence-electron chi connectivity index (χ0n) is 58.7. The number of nitrogens with one attached hydrogen (secondary N) is 2. The van der Waals surface area contributed by atoms with E-state index in [1.54, 1.807) is 0 Å². The monoisotopic (exact) mass is 1190 g/mol. The first-order valence-corrected chi connectivity index (χ1v) is 36.9. The van der Waals surface area contributed by atoms with Gasteiger partial charge in [-0.25, -0.2) is 0 Å². The van der Waals surface area contributed by atoms with E-state index in [1.165, 1.54) is 337 Å². The van der Waals surface area contributed by atoms with Crippen molar-refractivity contribution >= 4 is 0 Å². The van der Waals surface area contributed by atoms with Crippen LogP contribution in [-0.2, 0) is 0 Å². The summed E-state index contributed by atoms with van der Waals surface area (Å²) in [5.74, 6) is 6.33. The van der Waals surface area contributed by atoms with Gasteiger partial charge in [-0.2, -0.15) is 0 Å². The van der Waals surface area contributed by atoms with Gasteiger partial charge in [0.05, 0.1) is 0 Å². The Bertz CT molecular complexity index is 1580. The van der Waals surface area contributed by atoms with E-state index in [-0.39, 0.29) is 0 Å². The zero-order valence-corrected chi connectivity index (χ0v) is 58.7. The Labute approximate surface area is 528 Å². The van der Waals surface area contributed by atoms with E-state index in [1.807, 2.05) is 0 Å². The molecule has 18 aliphatic rings. The molecule has 3 spiro atoms. The Morgan fingerprint density at radius 3 is 0.776 bits per heavy atom. The highest BCUT2D eigenvalue weighted by molar-refractivity contribution is 5.00. The molecule has 18 rings (SSSR count). The average molecular weight is 1190 g/mol. The zero-order chi connectivity index (χ0) is 60.5. The van der Waals surface area contributed by atoms with E-state index >= 15 is 0 Å². The minimum absolute atomic E-state index is 0.736. The predicted molar refractivity (Wildman–Crippen MR) is 366 cm³/mol. The average Bonchev–Trinajstić information content (AvgIpc) is 2.41. The molecule has 4 atom stereocenters. The van der Waals surface area contributed by atoms with E-state index in [2.05, 4.69) is 142 Å². The van der Waals surface area contributed by atoms with Gasteiger partial charge in [0.1, 0.15) is 0 Å². The van der Waals surface area contributed by atoms with Crippen LogP contribution in [0.5, 0.6) is 0 Å². The maximum absolute atomic E-state index is 3.42. The molecule has 0 amide bonds. The number of likely N-dealkylation sites (tertiary alicyclic amines) is 10. The Balaban J connectivity index is 0.000000135. The fraction of sp³-hybridized carbons (Fsp3) is 1.00. The lowest BCUT2D eigenvalue weighted by atomic mass is 9.64. The molecule has 18 fully saturated rings. The van der Waals surface area contributed by atoms with Crippen LogP contribution < -0.4 is 10.6 Å². The van der Waals surface area contributed by atoms with Crippen molar-refractivity contribution in [3.05, 3.63) is 0 Å². The summed E-state index contributed by atoms with van der Waals surface area (Å²) in [5, 5.41) is 6.82. The molecular weight excluding hydrogens is 1050 g/mol. The quantitative estimate of drug-likeness (QED) is 0.243. The van der Waals surface area contributed by atoms with Crippen LogP contribution in [0.3, 0.4) is 0 Å². The second-order valence-corrected chi connectivity index (χ2v) is 32.6. The van der Waals surface area contributed by atoms with Crippen LogP contribution in [0, 0.1) is 51.8 Å². The summed E-state index contributed by atoms with van der Waals surface area (Å²) >= 11 is 0. The predicted octanol–water partition coefficient (Wildman–Crippen LogP) is 9.31. The number of hydrogen-bond donors (Lipinski definition) is 2. The summed E-state index contributed by atoms with van der Waals surface area (Å²) in [7, 11) is 24.2. The van der Waals surface area contributed by atoms with Crippen LogP contribution in [0.25, 0.3) is 0 Å². The molecule has 2 N–H and O–H groups in total. The van der Waals surface area contributed by atoms with Crippen molar-refractivity contribution < 1.29 is 0 Å². The summed E-state index contributed by atoms with van der Waals surface area (Å²) in [5.41, 5.74) is 2.38. The number of fused-ring (bicyclic) bond motifs is 4. The third kappa shape index (κ3) is 26.9. The van der Waals surface area contributed by atoms with Gasteiger partial charge in [-0.15, -0.1) is 0 Å². The molecule has 13 heteroatoms. The molecule has 4 unspecified atom stereocenters. The largest absolute Gasteiger partial charge is 0.317 e. The summed E-state index contributed by atoms with van der Waals surface area (Å²) < 4.78 is 0. The maximum Gasteiger partial charge on any atom is 0.00484 e. The van der Waals surface area contributed by atoms with E-state index < -0.39 is 0 Å². The first kappa shape index (κ1) is 71.9. The molecule has 85 heavy (non-hydrogen) atoms. The molecule has 14 aliphatic heterocycles. The van der Waals surface area contributed by atoms with Crippen LogP contribution in [0.15, 0.2) is 0 Å². The molecular formula is C72H145N13.